The van der Waals surface area contributed by atoms with Crippen molar-refractivity contribution in [2.24, 2.45) is 5.92 Å². The van der Waals surface area contributed by atoms with Gasteiger partial charge in [-0.2, -0.15) is 0 Å². The Bertz CT molecular complexity index is 459. The summed E-state index contributed by atoms with van der Waals surface area (Å²) in [5.41, 5.74) is 0.848. The third-order valence-corrected chi connectivity index (χ3v) is 3.10. The van der Waals surface area contributed by atoms with Gasteiger partial charge in [0.25, 0.3) is 0 Å². The van der Waals surface area contributed by atoms with Gasteiger partial charge in [-0.25, -0.2) is 0 Å². The summed E-state index contributed by atoms with van der Waals surface area (Å²) in [5.74, 6) is -0.250. The molecule has 1 aliphatic rings. The Morgan fingerprint density at radius 1 is 1.53 bits per heavy atom. The normalized spacial score (nSPS) is 19.0. The Balaban J connectivity index is 1.94. The first-order chi connectivity index (χ1) is 9.06. The van der Waals surface area contributed by atoms with E-state index in [1.807, 2.05) is 32.0 Å². The first kappa shape index (κ1) is 13.5. The predicted octanol–water partition coefficient (Wildman–Crippen LogP) is 0.955. The van der Waals surface area contributed by atoms with E-state index >= 15 is 0 Å². The highest BCUT2D eigenvalue weighted by atomic mass is 16.2. The number of hydrogen-bond acceptors (Lipinski definition) is 3. The first-order valence-electron chi connectivity index (χ1n) is 6.54. The van der Waals surface area contributed by atoms with Crippen LogP contribution in [0.3, 0.4) is 0 Å². The zero-order valence-electron chi connectivity index (χ0n) is 11.3. The van der Waals surface area contributed by atoms with E-state index < -0.39 is 0 Å². The SMILES string of the molecule is CC(C)NC(=O)[C@@H]1CC(=O)N(Cc2ccccn2)C1. The van der Waals surface area contributed by atoms with Gasteiger partial charge in [0.1, 0.15) is 0 Å². The van der Waals surface area contributed by atoms with Gasteiger partial charge >= 0.3 is 0 Å². The second kappa shape index (κ2) is 5.82. The fourth-order valence-electron chi connectivity index (χ4n) is 2.19. The highest BCUT2D eigenvalue weighted by Gasteiger charge is 2.34. The van der Waals surface area contributed by atoms with Gasteiger partial charge in [-0.1, -0.05) is 6.07 Å². The molecule has 0 spiro atoms. The van der Waals surface area contributed by atoms with Crippen molar-refractivity contribution in [2.75, 3.05) is 6.54 Å². The zero-order valence-corrected chi connectivity index (χ0v) is 11.3. The highest BCUT2D eigenvalue weighted by molar-refractivity contribution is 5.89. The number of carbonyl (C=O) groups is 2. The van der Waals surface area contributed by atoms with Crippen LogP contribution >= 0.6 is 0 Å². The molecule has 1 aliphatic heterocycles. The van der Waals surface area contributed by atoms with Crippen LogP contribution in [0.1, 0.15) is 26.0 Å². The minimum absolute atomic E-state index is 0.0227. The zero-order chi connectivity index (χ0) is 13.8. The molecule has 0 aromatic carbocycles. The summed E-state index contributed by atoms with van der Waals surface area (Å²) in [7, 11) is 0. The van der Waals surface area contributed by atoms with Gasteiger partial charge in [0, 0.05) is 25.2 Å². The van der Waals surface area contributed by atoms with Gasteiger partial charge < -0.3 is 10.2 Å². The Morgan fingerprint density at radius 2 is 2.32 bits per heavy atom. The summed E-state index contributed by atoms with van der Waals surface area (Å²) in [6.07, 6.45) is 2.00. The van der Waals surface area contributed by atoms with E-state index in [-0.39, 0.29) is 23.8 Å². The van der Waals surface area contributed by atoms with Crippen LogP contribution in [0.4, 0.5) is 0 Å². The van der Waals surface area contributed by atoms with Crippen molar-refractivity contribution >= 4 is 11.8 Å². The molecule has 19 heavy (non-hydrogen) atoms. The molecule has 1 atom stereocenters. The molecule has 0 aliphatic carbocycles. The third-order valence-electron chi connectivity index (χ3n) is 3.10. The summed E-state index contributed by atoms with van der Waals surface area (Å²) in [5, 5.41) is 2.86. The van der Waals surface area contributed by atoms with Gasteiger partial charge in [-0.05, 0) is 26.0 Å². The van der Waals surface area contributed by atoms with E-state index in [2.05, 4.69) is 10.3 Å². The Morgan fingerprint density at radius 3 is 2.95 bits per heavy atom. The van der Waals surface area contributed by atoms with Crippen LogP contribution in [0.25, 0.3) is 0 Å². The smallest absolute Gasteiger partial charge is 0.225 e. The van der Waals surface area contributed by atoms with E-state index in [0.717, 1.165) is 5.69 Å². The van der Waals surface area contributed by atoms with Crippen LogP contribution in [0.2, 0.25) is 0 Å². The van der Waals surface area contributed by atoms with Crippen molar-refractivity contribution in [3.63, 3.8) is 0 Å². The molecular weight excluding hydrogens is 242 g/mol. The minimum Gasteiger partial charge on any atom is -0.354 e. The Labute approximate surface area is 113 Å². The van der Waals surface area contributed by atoms with Gasteiger partial charge in [0.05, 0.1) is 18.2 Å². The number of amides is 2. The molecule has 2 amide bonds. The Hall–Kier alpha value is -1.91. The van der Waals surface area contributed by atoms with Gasteiger partial charge in [-0.3, -0.25) is 14.6 Å². The lowest BCUT2D eigenvalue weighted by molar-refractivity contribution is -0.129. The maximum atomic E-state index is 11.9. The van der Waals surface area contributed by atoms with Crippen molar-refractivity contribution in [3.05, 3.63) is 30.1 Å². The van der Waals surface area contributed by atoms with Gasteiger partial charge in [0.2, 0.25) is 11.8 Å². The summed E-state index contributed by atoms with van der Waals surface area (Å²) in [6, 6.07) is 5.72. The van der Waals surface area contributed by atoms with Crippen molar-refractivity contribution in [3.8, 4) is 0 Å². The second-order valence-corrected chi connectivity index (χ2v) is 5.16. The summed E-state index contributed by atoms with van der Waals surface area (Å²) < 4.78 is 0. The topological polar surface area (TPSA) is 62.3 Å². The highest BCUT2D eigenvalue weighted by Crippen LogP contribution is 2.19. The van der Waals surface area contributed by atoms with E-state index in [9.17, 15) is 9.59 Å². The number of hydrogen-bond donors (Lipinski definition) is 1. The van der Waals surface area contributed by atoms with Crippen molar-refractivity contribution in [1.29, 1.82) is 0 Å². The summed E-state index contributed by atoms with van der Waals surface area (Å²) >= 11 is 0. The molecule has 5 nitrogen and oxygen atoms in total. The van der Waals surface area contributed by atoms with Crippen molar-refractivity contribution in [2.45, 2.75) is 32.9 Å². The molecule has 1 fully saturated rings. The van der Waals surface area contributed by atoms with Gasteiger partial charge in [-0.15, -0.1) is 0 Å². The molecule has 5 heteroatoms. The Kier molecular flexibility index (Phi) is 4.14. The second-order valence-electron chi connectivity index (χ2n) is 5.16. The molecule has 1 saturated heterocycles. The predicted molar refractivity (Wildman–Crippen MR) is 71.0 cm³/mol. The summed E-state index contributed by atoms with van der Waals surface area (Å²) in [4.78, 5) is 29.7. The monoisotopic (exact) mass is 261 g/mol. The molecule has 1 aromatic heterocycles. The standard InChI is InChI=1S/C14H19N3O2/c1-10(2)16-14(19)11-7-13(18)17(8-11)9-12-5-3-4-6-15-12/h3-6,10-11H,7-9H2,1-2H3,(H,16,19)/t11-/m1/s1. The van der Waals surface area contributed by atoms with Crippen LogP contribution in [-0.2, 0) is 16.1 Å². The third kappa shape index (κ3) is 3.53. The van der Waals surface area contributed by atoms with E-state index in [0.29, 0.717) is 19.5 Å². The quantitative estimate of drug-likeness (QED) is 0.878. The first-order valence-corrected chi connectivity index (χ1v) is 6.54. The number of pyridine rings is 1. The average Bonchev–Trinajstić information content (AvgIpc) is 2.72. The fourth-order valence-corrected chi connectivity index (χ4v) is 2.19. The van der Waals surface area contributed by atoms with Crippen LogP contribution in [0, 0.1) is 5.92 Å². The lowest BCUT2D eigenvalue weighted by Crippen LogP contribution is -2.36. The molecule has 0 unspecified atom stereocenters. The van der Waals surface area contributed by atoms with Crippen LogP contribution in [-0.4, -0.2) is 34.3 Å². The lowest BCUT2D eigenvalue weighted by Gasteiger charge is -2.16. The number of aromatic nitrogens is 1. The molecule has 0 radical (unpaired) electrons. The molecule has 2 rings (SSSR count). The largest absolute Gasteiger partial charge is 0.354 e. The molecule has 0 saturated carbocycles. The van der Waals surface area contributed by atoms with Crippen molar-refractivity contribution < 1.29 is 9.59 Å². The number of likely N-dealkylation sites (tertiary alicyclic amines) is 1. The average molecular weight is 261 g/mol. The molecule has 1 N–H and O–H groups in total. The van der Waals surface area contributed by atoms with Gasteiger partial charge in [0.15, 0.2) is 0 Å². The van der Waals surface area contributed by atoms with E-state index in [1.54, 1.807) is 11.1 Å². The number of nitrogens with one attached hydrogen (secondary N) is 1. The van der Waals surface area contributed by atoms with E-state index in [1.165, 1.54) is 0 Å². The van der Waals surface area contributed by atoms with Crippen LogP contribution < -0.4 is 5.32 Å². The summed E-state index contributed by atoms with van der Waals surface area (Å²) in [6.45, 7) is 4.79. The minimum atomic E-state index is -0.237. The van der Waals surface area contributed by atoms with E-state index in [4.69, 9.17) is 0 Å². The van der Waals surface area contributed by atoms with Crippen LogP contribution in [0.5, 0.6) is 0 Å². The molecule has 2 heterocycles. The number of rotatable bonds is 4. The fraction of sp³-hybridized carbons (Fsp3) is 0.500. The van der Waals surface area contributed by atoms with Crippen molar-refractivity contribution in [1.82, 2.24) is 15.2 Å². The molecule has 1 aromatic rings. The number of nitrogens with zero attached hydrogens (tertiary/aromatic N) is 2. The lowest BCUT2D eigenvalue weighted by atomic mass is 10.1. The molecular formula is C14H19N3O2. The maximum Gasteiger partial charge on any atom is 0.225 e. The maximum absolute atomic E-state index is 11.9. The molecule has 102 valence electrons. The number of carbonyl (C=O) groups excluding carboxylic acids is 2. The van der Waals surface area contributed by atoms with Crippen LogP contribution in [0.15, 0.2) is 24.4 Å². The molecule has 0 bridgehead atoms.